The lowest BCUT2D eigenvalue weighted by atomic mass is 10.1. The number of carbonyl (C=O) groups excluding carboxylic acids is 3. The highest BCUT2D eigenvalue weighted by Gasteiger charge is 2.36. The van der Waals surface area contributed by atoms with Gasteiger partial charge in [-0.3, -0.25) is 14.9 Å². The first-order valence-corrected chi connectivity index (χ1v) is 10.9. The van der Waals surface area contributed by atoms with E-state index in [4.69, 9.17) is 14.2 Å². The average molecular weight is 472 g/mol. The van der Waals surface area contributed by atoms with Crippen molar-refractivity contribution in [2.24, 2.45) is 0 Å². The van der Waals surface area contributed by atoms with Crippen LogP contribution in [0.4, 0.5) is 10.5 Å². The van der Waals surface area contributed by atoms with Crippen LogP contribution in [0.3, 0.4) is 0 Å². The Morgan fingerprint density at radius 3 is 2.37 bits per heavy atom. The Morgan fingerprint density at radius 2 is 1.63 bits per heavy atom. The number of para-hydroxylation sites is 1. The molecule has 1 fully saturated rings. The Labute approximate surface area is 202 Å². The number of rotatable bonds is 8. The van der Waals surface area contributed by atoms with Crippen molar-refractivity contribution >= 4 is 29.6 Å². The van der Waals surface area contributed by atoms with Gasteiger partial charge < -0.3 is 14.2 Å². The molecule has 1 heterocycles. The number of imide groups is 2. The van der Waals surface area contributed by atoms with Gasteiger partial charge in [0.15, 0.2) is 11.5 Å². The largest absolute Gasteiger partial charge is 0.493 e. The van der Waals surface area contributed by atoms with Crippen LogP contribution < -0.4 is 24.4 Å². The van der Waals surface area contributed by atoms with E-state index >= 15 is 0 Å². The highest BCUT2D eigenvalue weighted by Crippen LogP contribution is 2.30. The maximum absolute atomic E-state index is 13.1. The van der Waals surface area contributed by atoms with Gasteiger partial charge in [-0.1, -0.05) is 36.4 Å². The van der Waals surface area contributed by atoms with Gasteiger partial charge in [0.1, 0.15) is 24.5 Å². The lowest BCUT2D eigenvalue weighted by Gasteiger charge is -2.26. The van der Waals surface area contributed by atoms with Gasteiger partial charge in [-0.25, -0.2) is 9.69 Å². The standard InChI is InChI=1S/C27H24N2O6/c1-18-7-6-8-20(15-18)29-26(31)22(25(30)28-27(29)32)16-19-11-12-23(24(17-19)33-2)35-14-13-34-21-9-4-3-5-10-21/h3-12,15-17H,13-14H2,1-2H3,(H,28,30,32)/b22-16-. The molecule has 0 unspecified atom stereocenters. The van der Waals surface area contributed by atoms with E-state index < -0.39 is 17.8 Å². The van der Waals surface area contributed by atoms with Crippen molar-refractivity contribution in [1.29, 1.82) is 0 Å². The lowest BCUT2D eigenvalue weighted by molar-refractivity contribution is -0.122. The number of nitrogens with zero attached hydrogens (tertiary/aromatic N) is 1. The Balaban J connectivity index is 1.50. The number of amides is 4. The first-order chi connectivity index (χ1) is 17.0. The van der Waals surface area contributed by atoms with Crippen LogP contribution in [0.5, 0.6) is 17.2 Å². The molecule has 4 rings (SSSR count). The average Bonchev–Trinajstić information content (AvgIpc) is 2.85. The molecule has 0 aromatic heterocycles. The normalized spacial score (nSPS) is 14.6. The van der Waals surface area contributed by atoms with Crippen LogP contribution in [0.25, 0.3) is 6.08 Å². The second kappa shape index (κ2) is 10.6. The highest BCUT2D eigenvalue weighted by molar-refractivity contribution is 6.39. The Kier molecular flexibility index (Phi) is 7.11. The third-order valence-electron chi connectivity index (χ3n) is 5.21. The van der Waals surface area contributed by atoms with Crippen molar-refractivity contribution in [3.05, 3.63) is 89.5 Å². The van der Waals surface area contributed by atoms with Gasteiger partial charge in [0.25, 0.3) is 11.8 Å². The fourth-order valence-electron chi connectivity index (χ4n) is 3.55. The fourth-order valence-corrected chi connectivity index (χ4v) is 3.55. The van der Waals surface area contributed by atoms with Gasteiger partial charge in [-0.15, -0.1) is 0 Å². The third-order valence-corrected chi connectivity index (χ3v) is 5.21. The number of hydrogen-bond donors (Lipinski definition) is 1. The van der Waals surface area contributed by atoms with E-state index in [0.29, 0.717) is 36.0 Å². The van der Waals surface area contributed by atoms with E-state index in [0.717, 1.165) is 16.2 Å². The minimum atomic E-state index is -0.790. The summed E-state index contributed by atoms with van der Waals surface area (Å²) in [4.78, 5) is 38.9. The van der Waals surface area contributed by atoms with E-state index in [1.54, 1.807) is 36.4 Å². The monoisotopic (exact) mass is 472 g/mol. The summed E-state index contributed by atoms with van der Waals surface area (Å²) in [5.41, 5.74) is 1.62. The molecule has 8 nitrogen and oxygen atoms in total. The van der Waals surface area contributed by atoms with E-state index in [9.17, 15) is 14.4 Å². The highest BCUT2D eigenvalue weighted by atomic mass is 16.5. The number of methoxy groups -OCH3 is 1. The first-order valence-electron chi connectivity index (χ1n) is 10.9. The molecule has 1 aliphatic rings. The van der Waals surface area contributed by atoms with E-state index in [2.05, 4.69) is 5.32 Å². The van der Waals surface area contributed by atoms with Crippen LogP contribution in [0, 0.1) is 6.92 Å². The number of anilines is 1. The summed E-state index contributed by atoms with van der Waals surface area (Å²) >= 11 is 0. The molecule has 0 bridgehead atoms. The summed E-state index contributed by atoms with van der Waals surface area (Å²) < 4.78 is 16.8. The predicted molar refractivity (Wildman–Crippen MR) is 131 cm³/mol. The third kappa shape index (κ3) is 5.50. The van der Waals surface area contributed by atoms with Crippen molar-refractivity contribution in [3.63, 3.8) is 0 Å². The van der Waals surface area contributed by atoms with Gasteiger partial charge in [-0.2, -0.15) is 0 Å². The zero-order valence-corrected chi connectivity index (χ0v) is 19.3. The Hall–Kier alpha value is -4.59. The van der Waals surface area contributed by atoms with Crippen molar-refractivity contribution in [2.45, 2.75) is 6.92 Å². The number of urea groups is 1. The number of hydrogen-bond acceptors (Lipinski definition) is 6. The fraction of sp³-hybridized carbons (Fsp3) is 0.148. The number of barbiturate groups is 1. The topological polar surface area (TPSA) is 94.2 Å². The van der Waals surface area contributed by atoms with E-state index in [1.807, 2.05) is 43.3 Å². The van der Waals surface area contributed by atoms with Crippen molar-refractivity contribution in [1.82, 2.24) is 5.32 Å². The minimum absolute atomic E-state index is 0.168. The van der Waals surface area contributed by atoms with Gasteiger partial charge in [-0.05, 0) is 60.5 Å². The number of aryl methyl sites for hydroxylation is 1. The molecule has 8 heteroatoms. The van der Waals surface area contributed by atoms with Crippen LogP contribution in [0.1, 0.15) is 11.1 Å². The molecule has 3 aromatic carbocycles. The van der Waals surface area contributed by atoms with Gasteiger partial charge in [0.2, 0.25) is 0 Å². The summed E-state index contributed by atoms with van der Waals surface area (Å²) in [6.07, 6.45) is 1.41. The predicted octanol–water partition coefficient (Wildman–Crippen LogP) is 4.13. The molecule has 0 saturated carbocycles. The Bertz CT molecular complexity index is 1290. The summed E-state index contributed by atoms with van der Waals surface area (Å²) in [6.45, 7) is 2.48. The second-order valence-corrected chi connectivity index (χ2v) is 7.72. The maximum atomic E-state index is 13.1. The molecule has 3 aromatic rings. The molecular formula is C27H24N2O6. The minimum Gasteiger partial charge on any atom is -0.493 e. The molecule has 0 atom stereocenters. The molecule has 4 amide bonds. The van der Waals surface area contributed by atoms with E-state index in [1.165, 1.54) is 13.2 Å². The quantitative estimate of drug-likeness (QED) is 0.301. The van der Waals surface area contributed by atoms with Gasteiger partial charge >= 0.3 is 6.03 Å². The zero-order chi connectivity index (χ0) is 24.8. The number of benzene rings is 3. The SMILES string of the molecule is COc1cc(/C=C2/C(=O)NC(=O)N(c3cccc(C)c3)C2=O)ccc1OCCOc1ccccc1. The van der Waals surface area contributed by atoms with Crippen molar-refractivity contribution in [3.8, 4) is 17.2 Å². The summed E-state index contributed by atoms with van der Waals surface area (Å²) in [5, 5.41) is 2.22. The number of nitrogens with one attached hydrogen (secondary N) is 1. The van der Waals surface area contributed by atoms with Crippen LogP contribution >= 0.6 is 0 Å². The van der Waals surface area contributed by atoms with Crippen molar-refractivity contribution in [2.75, 3.05) is 25.2 Å². The van der Waals surface area contributed by atoms with Crippen LogP contribution in [-0.2, 0) is 9.59 Å². The van der Waals surface area contributed by atoms with Gasteiger partial charge in [0, 0.05) is 0 Å². The smallest absolute Gasteiger partial charge is 0.335 e. The molecule has 1 aliphatic heterocycles. The Morgan fingerprint density at radius 1 is 0.857 bits per heavy atom. The van der Waals surface area contributed by atoms with E-state index in [-0.39, 0.29) is 5.57 Å². The molecule has 1 N–H and O–H groups in total. The van der Waals surface area contributed by atoms with Crippen LogP contribution in [0.15, 0.2) is 78.4 Å². The first kappa shape index (κ1) is 23.6. The molecular weight excluding hydrogens is 448 g/mol. The summed E-state index contributed by atoms with van der Waals surface area (Å²) in [5.74, 6) is 0.193. The summed E-state index contributed by atoms with van der Waals surface area (Å²) in [7, 11) is 1.50. The number of carbonyl (C=O) groups is 3. The lowest BCUT2D eigenvalue weighted by Crippen LogP contribution is -2.54. The molecule has 0 aliphatic carbocycles. The molecule has 35 heavy (non-hydrogen) atoms. The molecule has 0 spiro atoms. The maximum Gasteiger partial charge on any atom is 0.335 e. The van der Waals surface area contributed by atoms with Crippen LogP contribution in [-0.4, -0.2) is 38.2 Å². The molecule has 0 radical (unpaired) electrons. The summed E-state index contributed by atoms with van der Waals surface area (Å²) in [6, 6.07) is 20.6. The zero-order valence-electron chi connectivity index (χ0n) is 19.3. The number of ether oxygens (including phenoxy) is 3. The van der Waals surface area contributed by atoms with Crippen molar-refractivity contribution < 1.29 is 28.6 Å². The second-order valence-electron chi connectivity index (χ2n) is 7.72. The van der Waals surface area contributed by atoms with Gasteiger partial charge in [0.05, 0.1) is 12.8 Å². The van der Waals surface area contributed by atoms with Crippen LogP contribution in [0.2, 0.25) is 0 Å². The molecule has 1 saturated heterocycles. The molecule has 178 valence electrons.